The number of fused-ring (bicyclic) bond motifs is 1. The number of rotatable bonds is 6. The maximum Gasteiger partial charge on any atom is 0.337 e. The molecule has 2 aromatic rings. The number of nitrogens with zero attached hydrogens (tertiary/aromatic N) is 1. The van der Waals surface area contributed by atoms with Crippen molar-refractivity contribution >= 4 is 16.9 Å². The number of aliphatic hydroxyl groups is 1. The third-order valence-corrected chi connectivity index (χ3v) is 3.42. The van der Waals surface area contributed by atoms with Crippen molar-refractivity contribution in [1.82, 2.24) is 4.57 Å². The molecule has 0 saturated heterocycles. The summed E-state index contributed by atoms with van der Waals surface area (Å²) in [5, 5.41) is 19.5. The number of hydrogen-bond acceptors (Lipinski definition) is 3. The molecule has 5 heteroatoms. The van der Waals surface area contributed by atoms with Crippen molar-refractivity contribution < 1.29 is 15.0 Å². The largest absolute Gasteiger partial charge is 0.478 e. The van der Waals surface area contributed by atoms with Crippen LogP contribution in [-0.2, 0) is 13.0 Å². The van der Waals surface area contributed by atoms with E-state index in [9.17, 15) is 9.90 Å². The van der Waals surface area contributed by atoms with Gasteiger partial charge in [-0.3, -0.25) is 0 Å². The first kappa shape index (κ1) is 14.6. The molecule has 4 N–H and O–H groups in total. The smallest absolute Gasteiger partial charge is 0.337 e. The fourth-order valence-corrected chi connectivity index (χ4v) is 2.59. The molecule has 0 atom stereocenters. The summed E-state index contributed by atoms with van der Waals surface area (Å²) in [6.45, 7) is 2.86. The van der Waals surface area contributed by atoms with Gasteiger partial charge in [0.1, 0.15) is 0 Å². The first-order valence-corrected chi connectivity index (χ1v) is 6.75. The van der Waals surface area contributed by atoms with Gasteiger partial charge in [-0.25, -0.2) is 4.79 Å². The lowest BCUT2D eigenvalue weighted by Gasteiger charge is -2.07. The van der Waals surface area contributed by atoms with Crippen molar-refractivity contribution in [3.63, 3.8) is 0 Å². The SMILES string of the molecule is Cc1cc(C(=O)O)c2c(c1)c(CCCN)cn2CCO. The second-order valence-corrected chi connectivity index (χ2v) is 4.98. The Hall–Kier alpha value is -1.85. The Morgan fingerprint density at radius 3 is 2.75 bits per heavy atom. The van der Waals surface area contributed by atoms with Crippen molar-refractivity contribution in [1.29, 1.82) is 0 Å². The molecule has 0 saturated carbocycles. The van der Waals surface area contributed by atoms with E-state index < -0.39 is 5.97 Å². The third kappa shape index (κ3) is 2.69. The lowest BCUT2D eigenvalue weighted by Crippen LogP contribution is -2.05. The van der Waals surface area contributed by atoms with Crippen LogP contribution in [0.4, 0.5) is 0 Å². The number of benzene rings is 1. The average molecular weight is 276 g/mol. The topological polar surface area (TPSA) is 88.5 Å². The van der Waals surface area contributed by atoms with Gasteiger partial charge in [-0.2, -0.15) is 0 Å². The summed E-state index contributed by atoms with van der Waals surface area (Å²) in [5.41, 5.74) is 8.53. The Morgan fingerprint density at radius 2 is 2.15 bits per heavy atom. The molecule has 1 aromatic heterocycles. The van der Waals surface area contributed by atoms with E-state index in [4.69, 9.17) is 10.8 Å². The molecule has 0 radical (unpaired) electrons. The van der Waals surface area contributed by atoms with E-state index in [1.807, 2.05) is 23.8 Å². The summed E-state index contributed by atoms with van der Waals surface area (Å²) in [4.78, 5) is 11.5. The summed E-state index contributed by atoms with van der Waals surface area (Å²) >= 11 is 0. The molecule has 0 spiro atoms. The van der Waals surface area contributed by atoms with Gasteiger partial charge < -0.3 is 20.5 Å². The zero-order valence-electron chi connectivity index (χ0n) is 11.6. The van der Waals surface area contributed by atoms with Gasteiger partial charge in [-0.15, -0.1) is 0 Å². The van der Waals surface area contributed by atoms with Crippen molar-refractivity contribution in [2.45, 2.75) is 26.3 Å². The Bertz CT molecular complexity index is 632. The molecule has 1 aromatic carbocycles. The van der Waals surface area contributed by atoms with Crippen LogP contribution < -0.4 is 5.73 Å². The van der Waals surface area contributed by atoms with E-state index >= 15 is 0 Å². The van der Waals surface area contributed by atoms with Crippen LogP contribution in [0.5, 0.6) is 0 Å². The van der Waals surface area contributed by atoms with Gasteiger partial charge in [0.15, 0.2) is 0 Å². The van der Waals surface area contributed by atoms with Gasteiger partial charge in [-0.1, -0.05) is 0 Å². The highest BCUT2D eigenvalue weighted by atomic mass is 16.4. The van der Waals surface area contributed by atoms with E-state index in [0.29, 0.717) is 18.6 Å². The first-order chi connectivity index (χ1) is 9.58. The van der Waals surface area contributed by atoms with Gasteiger partial charge in [-0.05, 0) is 49.6 Å². The molecule has 1 heterocycles. The van der Waals surface area contributed by atoms with Crippen molar-refractivity contribution in [2.24, 2.45) is 5.73 Å². The van der Waals surface area contributed by atoms with Crippen LogP contribution in [0, 0.1) is 6.92 Å². The van der Waals surface area contributed by atoms with Crippen LogP contribution in [0.2, 0.25) is 0 Å². The molecule has 0 fully saturated rings. The summed E-state index contributed by atoms with van der Waals surface area (Å²) in [5.74, 6) is -0.943. The highest BCUT2D eigenvalue weighted by molar-refractivity contribution is 6.03. The van der Waals surface area contributed by atoms with Crippen LogP contribution in [0.15, 0.2) is 18.3 Å². The average Bonchev–Trinajstić information content (AvgIpc) is 2.74. The molecule has 0 amide bonds. The van der Waals surface area contributed by atoms with Gasteiger partial charge in [0, 0.05) is 18.1 Å². The summed E-state index contributed by atoms with van der Waals surface area (Å²) in [6, 6.07) is 3.67. The molecule has 0 aliphatic heterocycles. The minimum atomic E-state index is -0.943. The van der Waals surface area contributed by atoms with E-state index in [0.717, 1.165) is 29.4 Å². The molecule has 0 aliphatic rings. The molecule has 0 bridgehead atoms. The number of carboxylic acid groups (broad SMARTS) is 1. The number of aromatic nitrogens is 1. The number of carbonyl (C=O) groups is 1. The van der Waals surface area contributed by atoms with Crippen LogP contribution in [-0.4, -0.2) is 33.9 Å². The standard InChI is InChI=1S/C15H20N2O3/c1-10-7-12-11(3-2-4-16)9-17(5-6-18)14(12)13(8-10)15(19)20/h7-9,18H,2-6,16H2,1H3,(H,19,20). The van der Waals surface area contributed by atoms with Crippen LogP contribution >= 0.6 is 0 Å². The normalized spacial score (nSPS) is 11.2. The molecule has 0 aliphatic carbocycles. The van der Waals surface area contributed by atoms with Crippen molar-refractivity contribution in [3.8, 4) is 0 Å². The monoisotopic (exact) mass is 276 g/mol. The van der Waals surface area contributed by atoms with Crippen molar-refractivity contribution in [3.05, 3.63) is 35.0 Å². The van der Waals surface area contributed by atoms with E-state index in [1.165, 1.54) is 0 Å². The second kappa shape index (κ2) is 6.07. The molecule has 0 unspecified atom stereocenters. The van der Waals surface area contributed by atoms with Gasteiger partial charge >= 0.3 is 5.97 Å². The van der Waals surface area contributed by atoms with E-state index in [-0.39, 0.29) is 12.2 Å². The van der Waals surface area contributed by atoms with Gasteiger partial charge in [0.05, 0.1) is 17.7 Å². The summed E-state index contributed by atoms with van der Waals surface area (Å²) in [7, 11) is 0. The van der Waals surface area contributed by atoms with E-state index in [1.54, 1.807) is 6.07 Å². The maximum absolute atomic E-state index is 11.5. The molecule has 108 valence electrons. The fourth-order valence-electron chi connectivity index (χ4n) is 2.59. The lowest BCUT2D eigenvalue weighted by molar-refractivity contribution is 0.0698. The zero-order chi connectivity index (χ0) is 14.7. The number of aryl methyl sites for hydroxylation is 2. The first-order valence-electron chi connectivity index (χ1n) is 6.75. The van der Waals surface area contributed by atoms with Crippen molar-refractivity contribution in [2.75, 3.05) is 13.2 Å². The Morgan fingerprint density at radius 1 is 1.40 bits per heavy atom. The molecule has 5 nitrogen and oxygen atoms in total. The number of nitrogens with two attached hydrogens (primary N) is 1. The van der Waals surface area contributed by atoms with Crippen LogP contribution in [0.25, 0.3) is 10.9 Å². The molecular weight excluding hydrogens is 256 g/mol. The summed E-state index contributed by atoms with van der Waals surface area (Å²) < 4.78 is 1.82. The maximum atomic E-state index is 11.5. The summed E-state index contributed by atoms with van der Waals surface area (Å²) in [6.07, 6.45) is 3.60. The van der Waals surface area contributed by atoms with Crippen LogP contribution in [0.1, 0.15) is 27.9 Å². The number of carboxylic acids is 1. The Kier molecular flexibility index (Phi) is 4.42. The number of aromatic carboxylic acids is 1. The van der Waals surface area contributed by atoms with Gasteiger partial charge in [0.25, 0.3) is 0 Å². The fraction of sp³-hybridized carbons (Fsp3) is 0.400. The Labute approximate surface area is 117 Å². The minimum Gasteiger partial charge on any atom is -0.478 e. The number of aliphatic hydroxyl groups excluding tert-OH is 1. The quantitative estimate of drug-likeness (QED) is 0.746. The third-order valence-electron chi connectivity index (χ3n) is 3.42. The number of hydrogen-bond donors (Lipinski definition) is 3. The predicted octanol–water partition coefficient (Wildman–Crippen LogP) is 1.53. The second-order valence-electron chi connectivity index (χ2n) is 4.98. The molecule has 2 rings (SSSR count). The van der Waals surface area contributed by atoms with E-state index in [2.05, 4.69) is 0 Å². The highest BCUT2D eigenvalue weighted by Crippen LogP contribution is 2.27. The highest BCUT2D eigenvalue weighted by Gasteiger charge is 2.16. The molecule has 20 heavy (non-hydrogen) atoms. The van der Waals surface area contributed by atoms with Gasteiger partial charge in [0.2, 0.25) is 0 Å². The Balaban J connectivity index is 2.68. The molecular formula is C15H20N2O3. The zero-order valence-corrected chi connectivity index (χ0v) is 11.6. The van der Waals surface area contributed by atoms with Crippen LogP contribution in [0.3, 0.4) is 0 Å². The predicted molar refractivity (Wildman–Crippen MR) is 78.1 cm³/mol. The lowest BCUT2D eigenvalue weighted by atomic mass is 10.0. The minimum absolute atomic E-state index is 0.0208.